The Morgan fingerprint density at radius 3 is 2.93 bits per heavy atom. The van der Waals surface area contributed by atoms with Crippen LogP contribution in [0.2, 0.25) is 0 Å². The molecule has 0 bridgehead atoms. The maximum absolute atomic E-state index is 10.6. The van der Waals surface area contributed by atoms with Crippen molar-refractivity contribution in [2.75, 3.05) is 5.88 Å². The molecule has 0 saturated heterocycles. The molecular weight excluding hydrogens is 216 g/mol. The molecule has 6 heteroatoms. The highest BCUT2D eigenvalue weighted by Gasteiger charge is 2.26. The number of nitro groups is 1. The molecule has 0 fully saturated rings. The van der Waals surface area contributed by atoms with Crippen LogP contribution < -0.4 is 5.32 Å². The van der Waals surface area contributed by atoms with E-state index >= 15 is 0 Å². The van der Waals surface area contributed by atoms with Gasteiger partial charge in [-0.05, 0) is 12.1 Å². The van der Waals surface area contributed by atoms with Crippen LogP contribution in [-0.2, 0) is 10.9 Å². The second-order valence-electron chi connectivity index (χ2n) is 2.99. The van der Waals surface area contributed by atoms with Crippen molar-refractivity contribution in [3.63, 3.8) is 0 Å². The van der Waals surface area contributed by atoms with E-state index in [9.17, 15) is 15.2 Å². The molecule has 1 aromatic rings. The first-order valence-corrected chi connectivity index (χ1v) is 5.71. The monoisotopic (exact) mass is 225 g/mol. The van der Waals surface area contributed by atoms with Gasteiger partial charge in [0.05, 0.1) is 21.9 Å². The molecular formula is C9H9N2O3S+. The zero-order valence-corrected chi connectivity index (χ0v) is 8.53. The molecule has 2 N–H and O–H groups in total. The fourth-order valence-corrected chi connectivity index (χ4v) is 2.75. The SMILES string of the molecule is O=[N+]([O-])c1cc([S+]2C=CNC2)ccc1O. The van der Waals surface area contributed by atoms with Gasteiger partial charge in [-0.3, -0.25) is 10.1 Å². The van der Waals surface area contributed by atoms with Crippen molar-refractivity contribution < 1.29 is 10.0 Å². The van der Waals surface area contributed by atoms with E-state index in [1.165, 1.54) is 12.1 Å². The molecule has 1 atom stereocenters. The quantitative estimate of drug-likeness (QED) is 0.452. The van der Waals surface area contributed by atoms with Gasteiger partial charge in [-0.15, -0.1) is 0 Å². The summed E-state index contributed by atoms with van der Waals surface area (Å²) >= 11 is 0. The molecule has 1 aliphatic rings. The van der Waals surface area contributed by atoms with Crippen LogP contribution >= 0.6 is 0 Å². The number of aromatic hydroxyl groups is 1. The van der Waals surface area contributed by atoms with Crippen LogP contribution in [0, 0.1) is 10.1 Å². The van der Waals surface area contributed by atoms with Crippen molar-refractivity contribution in [3.8, 4) is 5.75 Å². The van der Waals surface area contributed by atoms with E-state index < -0.39 is 4.92 Å². The third-order valence-electron chi connectivity index (χ3n) is 2.04. The lowest BCUT2D eigenvalue weighted by Gasteiger charge is -1.99. The lowest BCUT2D eigenvalue weighted by atomic mass is 10.3. The Kier molecular flexibility index (Phi) is 2.51. The van der Waals surface area contributed by atoms with Crippen molar-refractivity contribution in [2.45, 2.75) is 4.90 Å². The van der Waals surface area contributed by atoms with Gasteiger partial charge in [-0.25, -0.2) is 0 Å². The number of nitro benzene ring substituents is 1. The van der Waals surface area contributed by atoms with Crippen molar-refractivity contribution in [2.24, 2.45) is 0 Å². The van der Waals surface area contributed by atoms with Gasteiger partial charge >= 0.3 is 5.69 Å². The van der Waals surface area contributed by atoms with Crippen molar-refractivity contribution >= 4 is 16.6 Å². The number of phenolic OH excluding ortho intramolecular Hbond substituents is 1. The maximum Gasteiger partial charge on any atom is 0.315 e. The van der Waals surface area contributed by atoms with Crippen LogP contribution in [-0.4, -0.2) is 15.9 Å². The molecule has 0 saturated carbocycles. The third kappa shape index (κ3) is 1.89. The summed E-state index contributed by atoms with van der Waals surface area (Å²) in [5, 5.41) is 24.9. The summed E-state index contributed by atoms with van der Waals surface area (Å²) in [5.41, 5.74) is -0.236. The van der Waals surface area contributed by atoms with Gasteiger partial charge < -0.3 is 10.4 Å². The number of rotatable bonds is 2. The average molecular weight is 225 g/mol. The topological polar surface area (TPSA) is 75.4 Å². The Balaban J connectivity index is 2.37. The molecule has 0 radical (unpaired) electrons. The highest BCUT2D eigenvalue weighted by Crippen LogP contribution is 2.30. The van der Waals surface area contributed by atoms with Gasteiger partial charge in [-0.1, -0.05) is 0 Å². The van der Waals surface area contributed by atoms with Crippen LogP contribution in [0.15, 0.2) is 34.7 Å². The summed E-state index contributed by atoms with van der Waals surface area (Å²) < 4.78 is 0. The minimum atomic E-state index is -0.574. The maximum atomic E-state index is 10.6. The van der Waals surface area contributed by atoms with E-state index in [-0.39, 0.29) is 22.3 Å². The predicted octanol–water partition coefficient (Wildman–Crippen LogP) is 1.31. The molecule has 15 heavy (non-hydrogen) atoms. The molecule has 1 unspecified atom stereocenters. The summed E-state index contributed by atoms with van der Waals surface area (Å²) in [5.74, 6) is 0.477. The number of nitrogens with one attached hydrogen (secondary N) is 1. The molecule has 0 amide bonds. The van der Waals surface area contributed by atoms with Crippen LogP contribution in [0.4, 0.5) is 5.69 Å². The van der Waals surface area contributed by atoms with Crippen molar-refractivity contribution in [1.82, 2.24) is 5.32 Å². The largest absolute Gasteiger partial charge is 0.502 e. The van der Waals surface area contributed by atoms with Gasteiger partial charge in [0.1, 0.15) is 5.41 Å². The molecule has 1 heterocycles. The first kappa shape index (κ1) is 9.85. The normalized spacial score (nSPS) is 18.8. The third-order valence-corrected chi connectivity index (χ3v) is 3.84. The Morgan fingerprint density at radius 2 is 2.33 bits per heavy atom. The Morgan fingerprint density at radius 1 is 1.53 bits per heavy atom. The van der Waals surface area contributed by atoms with Crippen LogP contribution in [0.5, 0.6) is 5.75 Å². The van der Waals surface area contributed by atoms with Gasteiger partial charge in [0, 0.05) is 6.20 Å². The van der Waals surface area contributed by atoms with E-state index in [0.717, 1.165) is 10.8 Å². The van der Waals surface area contributed by atoms with E-state index in [1.807, 2.05) is 11.6 Å². The van der Waals surface area contributed by atoms with E-state index in [4.69, 9.17) is 0 Å². The zero-order valence-electron chi connectivity index (χ0n) is 7.71. The summed E-state index contributed by atoms with van der Waals surface area (Å²) in [6.07, 6.45) is 1.84. The van der Waals surface area contributed by atoms with E-state index in [0.29, 0.717) is 0 Å². The molecule has 2 rings (SSSR count). The molecule has 1 aromatic carbocycles. The Bertz CT molecular complexity index is 433. The summed E-state index contributed by atoms with van der Waals surface area (Å²) in [6.45, 7) is 0. The number of benzene rings is 1. The van der Waals surface area contributed by atoms with Crippen LogP contribution in [0.1, 0.15) is 0 Å². The first-order chi connectivity index (χ1) is 7.18. The smallest absolute Gasteiger partial charge is 0.315 e. The second-order valence-corrected chi connectivity index (χ2v) is 4.88. The van der Waals surface area contributed by atoms with Crippen molar-refractivity contribution in [1.29, 1.82) is 0 Å². The first-order valence-electron chi connectivity index (χ1n) is 4.25. The highest BCUT2D eigenvalue weighted by atomic mass is 32.2. The van der Waals surface area contributed by atoms with Crippen LogP contribution in [0.25, 0.3) is 0 Å². The van der Waals surface area contributed by atoms with Gasteiger partial charge in [0.15, 0.2) is 16.5 Å². The predicted molar refractivity (Wildman–Crippen MR) is 57.5 cm³/mol. The standard InChI is InChI=1S/C9H8N2O3S/c12-9-2-1-7(5-8(9)11(13)14)15-4-3-10-6-15/h1-5,10H,6H2/p+1. The zero-order chi connectivity index (χ0) is 10.8. The molecule has 0 spiro atoms. The van der Waals surface area contributed by atoms with Crippen molar-refractivity contribution in [3.05, 3.63) is 39.9 Å². The highest BCUT2D eigenvalue weighted by molar-refractivity contribution is 7.99. The lowest BCUT2D eigenvalue weighted by molar-refractivity contribution is -0.386. The average Bonchev–Trinajstić information content (AvgIpc) is 2.71. The minimum Gasteiger partial charge on any atom is -0.502 e. The fourth-order valence-electron chi connectivity index (χ4n) is 1.29. The molecule has 0 aromatic heterocycles. The van der Waals surface area contributed by atoms with E-state index in [2.05, 4.69) is 5.32 Å². The summed E-state index contributed by atoms with van der Waals surface area (Å²) in [4.78, 5) is 10.9. The molecule has 0 aliphatic carbocycles. The van der Waals surface area contributed by atoms with Gasteiger partial charge in [0.25, 0.3) is 0 Å². The van der Waals surface area contributed by atoms with E-state index in [1.54, 1.807) is 6.07 Å². The number of hydrogen-bond donors (Lipinski definition) is 2. The van der Waals surface area contributed by atoms with Crippen LogP contribution in [0.3, 0.4) is 0 Å². The molecule has 78 valence electrons. The Labute approximate surface area is 88.9 Å². The minimum absolute atomic E-state index is 0.133. The summed E-state index contributed by atoms with van der Waals surface area (Å²) in [7, 11) is -0.133. The van der Waals surface area contributed by atoms with Gasteiger partial charge in [-0.2, -0.15) is 0 Å². The second kappa shape index (κ2) is 3.82. The molecule has 1 aliphatic heterocycles. The lowest BCUT2D eigenvalue weighted by Crippen LogP contribution is -2.09. The molecule has 5 nitrogen and oxygen atoms in total. The number of hydrogen-bond acceptors (Lipinski definition) is 4. The Hall–Kier alpha value is -1.69. The number of nitrogens with zero attached hydrogens (tertiary/aromatic N) is 1. The van der Waals surface area contributed by atoms with Gasteiger partial charge in [0.2, 0.25) is 0 Å². The number of phenols is 1. The summed E-state index contributed by atoms with van der Waals surface area (Å²) in [6, 6.07) is 4.51. The fraction of sp³-hybridized carbons (Fsp3) is 0.111.